The number of carbonyl (C=O) groups excluding carboxylic acids is 1. The van der Waals surface area contributed by atoms with Gasteiger partial charge in [0.15, 0.2) is 0 Å². The third-order valence-corrected chi connectivity index (χ3v) is 3.49. The van der Waals surface area contributed by atoms with Crippen LogP contribution >= 0.6 is 0 Å². The van der Waals surface area contributed by atoms with Gasteiger partial charge in [-0.25, -0.2) is 0 Å². The van der Waals surface area contributed by atoms with Gasteiger partial charge in [-0.1, -0.05) is 19.8 Å². The minimum Gasteiger partial charge on any atom is -0.384 e. The van der Waals surface area contributed by atoms with Crippen molar-refractivity contribution in [2.24, 2.45) is 0 Å². The summed E-state index contributed by atoms with van der Waals surface area (Å²) in [6.07, 6.45) is 9.29. The predicted molar refractivity (Wildman–Crippen MR) is 77.4 cm³/mol. The van der Waals surface area contributed by atoms with Gasteiger partial charge in [0.25, 0.3) is 5.91 Å². The summed E-state index contributed by atoms with van der Waals surface area (Å²) in [5.41, 5.74) is 1.64. The van der Waals surface area contributed by atoms with Crippen LogP contribution in [0.5, 0.6) is 0 Å². The number of aromatic nitrogens is 1. The van der Waals surface area contributed by atoms with Gasteiger partial charge in [-0.2, -0.15) is 0 Å². The Morgan fingerprint density at radius 2 is 2.11 bits per heavy atom. The normalized spacial score (nSPS) is 14.7. The van der Waals surface area contributed by atoms with E-state index in [1.807, 2.05) is 11.0 Å². The summed E-state index contributed by atoms with van der Waals surface area (Å²) in [7, 11) is 0. The first-order chi connectivity index (χ1) is 9.31. The molecule has 104 valence electrons. The zero-order chi connectivity index (χ0) is 13.5. The van der Waals surface area contributed by atoms with Crippen LogP contribution in [0.2, 0.25) is 0 Å². The molecule has 0 radical (unpaired) electrons. The van der Waals surface area contributed by atoms with E-state index in [1.54, 1.807) is 12.4 Å². The van der Waals surface area contributed by atoms with E-state index in [4.69, 9.17) is 0 Å². The third-order valence-electron chi connectivity index (χ3n) is 3.49. The van der Waals surface area contributed by atoms with Crippen molar-refractivity contribution in [2.45, 2.75) is 39.0 Å². The molecule has 19 heavy (non-hydrogen) atoms. The number of unbranched alkanes of at least 4 members (excludes halogenated alkanes) is 2. The summed E-state index contributed by atoms with van der Waals surface area (Å²) in [5.74, 6) is 0.113. The maximum absolute atomic E-state index is 12.2. The molecule has 1 aliphatic heterocycles. The maximum atomic E-state index is 12.2. The van der Waals surface area contributed by atoms with Gasteiger partial charge in [0.2, 0.25) is 0 Å². The Hall–Kier alpha value is -1.58. The summed E-state index contributed by atoms with van der Waals surface area (Å²) in [6.45, 7) is 4.90. The molecule has 0 aliphatic carbocycles. The molecular weight excluding hydrogens is 238 g/mol. The number of anilines is 1. The molecule has 2 rings (SSSR count). The molecule has 0 saturated carbocycles. The summed E-state index contributed by atoms with van der Waals surface area (Å²) in [4.78, 5) is 18.3. The van der Waals surface area contributed by atoms with Gasteiger partial charge in [0.05, 0.1) is 11.3 Å². The van der Waals surface area contributed by atoms with Crippen molar-refractivity contribution in [3.05, 3.63) is 24.0 Å². The first kappa shape index (κ1) is 13.8. The molecule has 1 saturated heterocycles. The van der Waals surface area contributed by atoms with Crippen LogP contribution in [0.4, 0.5) is 5.69 Å². The number of likely N-dealkylation sites (tertiary alicyclic amines) is 1. The average Bonchev–Trinajstić information content (AvgIpc) is 2.97. The van der Waals surface area contributed by atoms with Crippen molar-refractivity contribution in [3.8, 4) is 0 Å². The average molecular weight is 261 g/mol. The third kappa shape index (κ3) is 3.94. The van der Waals surface area contributed by atoms with E-state index < -0.39 is 0 Å². The zero-order valence-electron chi connectivity index (χ0n) is 11.7. The molecule has 1 amide bonds. The molecule has 0 unspecified atom stereocenters. The summed E-state index contributed by atoms with van der Waals surface area (Å²) in [5, 5.41) is 3.33. The van der Waals surface area contributed by atoms with Gasteiger partial charge in [-0.05, 0) is 25.3 Å². The number of pyridine rings is 1. The van der Waals surface area contributed by atoms with Crippen LogP contribution in [-0.4, -0.2) is 35.4 Å². The zero-order valence-corrected chi connectivity index (χ0v) is 11.7. The van der Waals surface area contributed by atoms with E-state index in [-0.39, 0.29) is 5.91 Å². The Kier molecular flexibility index (Phi) is 5.19. The predicted octanol–water partition coefficient (Wildman–Crippen LogP) is 2.92. The van der Waals surface area contributed by atoms with Gasteiger partial charge in [0, 0.05) is 32.0 Å². The molecule has 1 aromatic heterocycles. The van der Waals surface area contributed by atoms with Crippen LogP contribution in [0.1, 0.15) is 49.4 Å². The van der Waals surface area contributed by atoms with Gasteiger partial charge in [-0.15, -0.1) is 0 Å². The van der Waals surface area contributed by atoms with E-state index in [9.17, 15) is 4.79 Å². The Balaban J connectivity index is 1.92. The van der Waals surface area contributed by atoms with E-state index >= 15 is 0 Å². The lowest BCUT2D eigenvalue weighted by atomic mass is 10.2. The summed E-state index contributed by atoms with van der Waals surface area (Å²) < 4.78 is 0. The molecule has 1 aromatic rings. The van der Waals surface area contributed by atoms with E-state index in [0.717, 1.165) is 44.6 Å². The van der Waals surface area contributed by atoms with Crippen LogP contribution in [0.25, 0.3) is 0 Å². The highest BCUT2D eigenvalue weighted by atomic mass is 16.2. The lowest BCUT2D eigenvalue weighted by molar-refractivity contribution is 0.0792. The van der Waals surface area contributed by atoms with Crippen LogP contribution in [0.15, 0.2) is 18.5 Å². The largest absolute Gasteiger partial charge is 0.384 e. The van der Waals surface area contributed by atoms with Crippen molar-refractivity contribution in [1.29, 1.82) is 0 Å². The molecule has 4 nitrogen and oxygen atoms in total. The molecule has 0 bridgehead atoms. The van der Waals surface area contributed by atoms with Crippen LogP contribution in [-0.2, 0) is 0 Å². The fraction of sp³-hybridized carbons (Fsp3) is 0.600. The van der Waals surface area contributed by atoms with Crippen molar-refractivity contribution in [3.63, 3.8) is 0 Å². The quantitative estimate of drug-likeness (QED) is 0.801. The molecule has 1 aliphatic rings. The maximum Gasteiger partial charge on any atom is 0.255 e. The Morgan fingerprint density at radius 3 is 2.84 bits per heavy atom. The highest BCUT2D eigenvalue weighted by Crippen LogP contribution is 2.15. The van der Waals surface area contributed by atoms with Gasteiger partial charge in [0.1, 0.15) is 0 Å². The van der Waals surface area contributed by atoms with Gasteiger partial charge in [-0.3, -0.25) is 9.78 Å². The van der Waals surface area contributed by atoms with Crippen LogP contribution in [0, 0.1) is 0 Å². The summed E-state index contributed by atoms with van der Waals surface area (Å²) >= 11 is 0. The monoisotopic (exact) mass is 261 g/mol. The van der Waals surface area contributed by atoms with E-state index in [2.05, 4.69) is 17.2 Å². The highest BCUT2D eigenvalue weighted by molar-refractivity contribution is 5.94. The van der Waals surface area contributed by atoms with Crippen molar-refractivity contribution in [2.75, 3.05) is 25.0 Å². The van der Waals surface area contributed by atoms with E-state index in [0.29, 0.717) is 5.56 Å². The van der Waals surface area contributed by atoms with Crippen LogP contribution < -0.4 is 5.32 Å². The smallest absolute Gasteiger partial charge is 0.255 e. The standard InChI is InChI=1S/C15H23N3O/c1-2-3-4-7-17-14-10-13(11-16-12-14)15(19)18-8-5-6-9-18/h10-12,17H,2-9H2,1H3. The Bertz CT molecular complexity index is 414. The molecular formula is C15H23N3O. The minimum atomic E-state index is 0.113. The number of hydrogen-bond acceptors (Lipinski definition) is 3. The Labute approximate surface area is 115 Å². The highest BCUT2D eigenvalue weighted by Gasteiger charge is 2.19. The second kappa shape index (κ2) is 7.12. The number of amides is 1. The van der Waals surface area contributed by atoms with Crippen LogP contribution in [0.3, 0.4) is 0 Å². The molecule has 0 atom stereocenters. The fourth-order valence-corrected chi connectivity index (χ4v) is 2.36. The van der Waals surface area contributed by atoms with Gasteiger partial charge < -0.3 is 10.2 Å². The second-order valence-corrected chi connectivity index (χ2v) is 5.10. The molecule has 4 heteroatoms. The molecule has 2 heterocycles. The summed E-state index contributed by atoms with van der Waals surface area (Å²) in [6, 6.07) is 1.92. The topological polar surface area (TPSA) is 45.2 Å². The van der Waals surface area contributed by atoms with Crippen molar-refractivity contribution < 1.29 is 4.79 Å². The number of hydrogen-bond donors (Lipinski definition) is 1. The number of nitrogens with zero attached hydrogens (tertiary/aromatic N) is 2. The fourth-order valence-electron chi connectivity index (χ4n) is 2.36. The number of nitrogens with one attached hydrogen (secondary N) is 1. The minimum absolute atomic E-state index is 0.113. The Morgan fingerprint density at radius 1 is 1.32 bits per heavy atom. The van der Waals surface area contributed by atoms with Crippen molar-refractivity contribution in [1.82, 2.24) is 9.88 Å². The SMILES string of the molecule is CCCCCNc1cncc(C(=O)N2CCCC2)c1. The van der Waals surface area contributed by atoms with Crippen molar-refractivity contribution >= 4 is 11.6 Å². The lowest BCUT2D eigenvalue weighted by Gasteiger charge is -2.15. The number of rotatable bonds is 6. The lowest BCUT2D eigenvalue weighted by Crippen LogP contribution is -2.27. The first-order valence-corrected chi connectivity index (χ1v) is 7.29. The molecule has 0 spiro atoms. The molecule has 1 N–H and O–H groups in total. The second-order valence-electron chi connectivity index (χ2n) is 5.10. The van der Waals surface area contributed by atoms with E-state index in [1.165, 1.54) is 12.8 Å². The number of carbonyl (C=O) groups is 1. The first-order valence-electron chi connectivity index (χ1n) is 7.29. The molecule has 1 fully saturated rings. The molecule has 0 aromatic carbocycles. The van der Waals surface area contributed by atoms with Gasteiger partial charge >= 0.3 is 0 Å².